The minimum Gasteiger partial charge on any atom is -0.351 e. The van der Waals surface area contributed by atoms with E-state index in [0.717, 1.165) is 6.54 Å². The van der Waals surface area contributed by atoms with Crippen LogP contribution >= 0.6 is 0 Å². The molecule has 3 nitrogen and oxygen atoms in total. The smallest absolute Gasteiger partial charge is 0.225 e. The third-order valence-corrected chi connectivity index (χ3v) is 3.33. The summed E-state index contributed by atoms with van der Waals surface area (Å²) in [6.45, 7) is 9.38. The van der Waals surface area contributed by atoms with Gasteiger partial charge in [0.1, 0.15) is 0 Å². The molecule has 0 saturated carbocycles. The van der Waals surface area contributed by atoms with E-state index in [2.05, 4.69) is 10.2 Å². The lowest BCUT2D eigenvalue weighted by atomic mass is 9.93. The number of amides is 1. The molecule has 2 aliphatic rings. The average Bonchev–Trinajstić information content (AvgIpc) is 2.62. The SMILES string of the molecule is CC(C)(C)C(=O)N[C@H]1C[N@@]2CC[C@@H]1C2. The second kappa shape index (κ2) is 3.23. The van der Waals surface area contributed by atoms with Gasteiger partial charge in [-0.2, -0.15) is 0 Å². The molecule has 3 heteroatoms. The summed E-state index contributed by atoms with van der Waals surface area (Å²) < 4.78 is 0. The molecule has 1 amide bonds. The summed E-state index contributed by atoms with van der Waals surface area (Å²) in [7, 11) is 0. The number of nitrogens with one attached hydrogen (secondary N) is 1. The zero-order valence-electron chi connectivity index (χ0n) is 9.34. The molecule has 3 atom stereocenters. The van der Waals surface area contributed by atoms with Gasteiger partial charge in [-0.25, -0.2) is 0 Å². The highest BCUT2D eigenvalue weighted by Crippen LogP contribution is 2.28. The molecular formula is C11H20N2O. The quantitative estimate of drug-likeness (QED) is 0.674. The van der Waals surface area contributed by atoms with Crippen molar-refractivity contribution in [1.82, 2.24) is 10.2 Å². The Morgan fingerprint density at radius 1 is 1.36 bits per heavy atom. The van der Waals surface area contributed by atoms with Crippen molar-refractivity contribution in [3.63, 3.8) is 0 Å². The first-order chi connectivity index (χ1) is 6.47. The molecule has 2 aliphatic heterocycles. The fourth-order valence-electron chi connectivity index (χ4n) is 2.33. The van der Waals surface area contributed by atoms with Gasteiger partial charge in [0.05, 0.1) is 0 Å². The van der Waals surface area contributed by atoms with Gasteiger partial charge in [-0.1, -0.05) is 20.8 Å². The standard InChI is InChI=1S/C11H20N2O/c1-11(2,3)10(14)12-9-7-13-5-4-8(9)6-13/h8-9H,4-7H2,1-3H3,(H,12,14)/t8-,9+/m1/s1. The summed E-state index contributed by atoms with van der Waals surface area (Å²) in [6, 6.07) is 0.412. The van der Waals surface area contributed by atoms with Crippen LogP contribution in [-0.4, -0.2) is 36.5 Å². The Kier molecular flexibility index (Phi) is 2.30. The van der Waals surface area contributed by atoms with E-state index in [1.807, 2.05) is 20.8 Å². The third-order valence-electron chi connectivity index (χ3n) is 3.33. The molecule has 2 heterocycles. The summed E-state index contributed by atoms with van der Waals surface area (Å²) in [5.41, 5.74) is -0.253. The summed E-state index contributed by atoms with van der Waals surface area (Å²) >= 11 is 0. The van der Waals surface area contributed by atoms with Crippen molar-refractivity contribution in [1.29, 1.82) is 0 Å². The van der Waals surface area contributed by atoms with Crippen LogP contribution < -0.4 is 5.32 Å². The molecule has 0 spiro atoms. The van der Waals surface area contributed by atoms with Crippen LogP contribution in [0.1, 0.15) is 27.2 Å². The van der Waals surface area contributed by atoms with Gasteiger partial charge >= 0.3 is 0 Å². The highest BCUT2D eigenvalue weighted by atomic mass is 16.2. The van der Waals surface area contributed by atoms with E-state index in [-0.39, 0.29) is 11.3 Å². The Hall–Kier alpha value is -0.570. The number of rotatable bonds is 1. The van der Waals surface area contributed by atoms with Gasteiger partial charge < -0.3 is 10.2 Å². The first kappa shape index (κ1) is 9.97. The number of carbonyl (C=O) groups excluding carboxylic acids is 1. The molecule has 14 heavy (non-hydrogen) atoms. The van der Waals surface area contributed by atoms with E-state index in [0.29, 0.717) is 12.0 Å². The van der Waals surface area contributed by atoms with E-state index < -0.39 is 0 Å². The second-order valence-corrected chi connectivity index (χ2v) is 5.64. The molecule has 1 N–H and O–H groups in total. The van der Waals surface area contributed by atoms with E-state index in [1.54, 1.807) is 0 Å². The monoisotopic (exact) mass is 196 g/mol. The van der Waals surface area contributed by atoms with Gasteiger partial charge in [0, 0.05) is 24.5 Å². The van der Waals surface area contributed by atoms with Crippen LogP contribution in [0.25, 0.3) is 0 Å². The summed E-state index contributed by atoms with van der Waals surface area (Å²) in [5, 5.41) is 3.17. The Labute approximate surface area is 85.8 Å². The Bertz CT molecular complexity index is 244. The van der Waals surface area contributed by atoms with Crippen LogP contribution in [0.3, 0.4) is 0 Å². The summed E-state index contributed by atoms with van der Waals surface area (Å²) in [5.74, 6) is 0.901. The minimum atomic E-state index is -0.253. The maximum absolute atomic E-state index is 11.8. The van der Waals surface area contributed by atoms with Crippen LogP contribution in [0.2, 0.25) is 0 Å². The van der Waals surface area contributed by atoms with Gasteiger partial charge in [0.2, 0.25) is 5.91 Å². The van der Waals surface area contributed by atoms with Crippen LogP contribution in [0, 0.1) is 11.3 Å². The molecule has 80 valence electrons. The molecule has 2 saturated heterocycles. The molecule has 2 rings (SSSR count). The zero-order valence-corrected chi connectivity index (χ0v) is 9.34. The molecule has 0 aromatic heterocycles. The second-order valence-electron chi connectivity index (χ2n) is 5.64. The van der Waals surface area contributed by atoms with Gasteiger partial charge in [-0.3, -0.25) is 4.79 Å². The van der Waals surface area contributed by atoms with Crippen LogP contribution in [0.4, 0.5) is 0 Å². The predicted molar refractivity (Wildman–Crippen MR) is 55.9 cm³/mol. The third kappa shape index (κ3) is 1.78. The zero-order chi connectivity index (χ0) is 10.3. The van der Waals surface area contributed by atoms with Crippen molar-refractivity contribution in [3.05, 3.63) is 0 Å². The number of hydrogen-bond acceptors (Lipinski definition) is 2. The van der Waals surface area contributed by atoms with Gasteiger partial charge in [0.15, 0.2) is 0 Å². The van der Waals surface area contributed by atoms with Crippen LogP contribution in [0.5, 0.6) is 0 Å². The fraction of sp³-hybridized carbons (Fsp3) is 0.909. The average molecular weight is 196 g/mol. The topological polar surface area (TPSA) is 32.3 Å². The first-order valence-corrected chi connectivity index (χ1v) is 5.50. The number of nitrogens with zero attached hydrogens (tertiary/aromatic N) is 1. The minimum absolute atomic E-state index is 0.191. The fourth-order valence-corrected chi connectivity index (χ4v) is 2.33. The van der Waals surface area contributed by atoms with E-state index in [4.69, 9.17) is 0 Å². The van der Waals surface area contributed by atoms with Crippen LogP contribution in [0.15, 0.2) is 0 Å². The van der Waals surface area contributed by atoms with Gasteiger partial charge in [0.25, 0.3) is 0 Å². The molecule has 0 aromatic carbocycles. The van der Waals surface area contributed by atoms with Crippen molar-refractivity contribution in [2.45, 2.75) is 33.2 Å². The number of carbonyl (C=O) groups is 1. The number of piperidine rings is 1. The highest BCUT2D eigenvalue weighted by Gasteiger charge is 2.39. The lowest BCUT2D eigenvalue weighted by molar-refractivity contribution is -0.129. The Balaban J connectivity index is 1.90. The van der Waals surface area contributed by atoms with E-state index >= 15 is 0 Å². The molecular weight excluding hydrogens is 176 g/mol. The molecule has 0 radical (unpaired) electrons. The largest absolute Gasteiger partial charge is 0.351 e. The van der Waals surface area contributed by atoms with Gasteiger partial charge in [-0.15, -0.1) is 0 Å². The molecule has 0 aromatic rings. The molecule has 0 aliphatic carbocycles. The Morgan fingerprint density at radius 2 is 2.07 bits per heavy atom. The maximum atomic E-state index is 11.8. The van der Waals surface area contributed by atoms with Crippen LogP contribution in [-0.2, 0) is 4.79 Å². The van der Waals surface area contributed by atoms with Crippen molar-refractivity contribution in [3.8, 4) is 0 Å². The predicted octanol–water partition coefficient (Wildman–Crippen LogP) is 0.853. The molecule has 0 unspecified atom stereocenters. The lowest BCUT2D eigenvalue weighted by Crippen LogP contribution is -2.47. The number of hydrogen-bond donors (Lipinski definition) is 1. The number of fused-ring (bicyclic) bond motifs is 2. The van der Waals surface area contributed by atoms with Crippen molar-refractivity contribution >= 4 is 5.91 Å². The molecule has 2 bridgehead atoms. The maximum Gasteiger partial charge on any atom is 0.225 e. The van der Waals surface area contributed by atoms with E-state index in [9.17, 15) is 4.79 Å². The summed E-state index contributed by atoms with van der Waals surface area (Å²) in [6.07, 6.45) is 1.26. The Morgan fingerprint density at radius 3 is 2.50 bits per heavy atom. The highest BCUT2D eigenvalue weighted by molar-refractivity contribution is 5.81. The normalized spacial score (nSPS) is 36.1. The van der Waals surface area contributed by atoms with Crippen molar-refractivity contribution < 1.29 is 4.79 Å². The lowest BCUT2D eigenvalue weighted by Gasteiger charge is -2.27. The summed E-state index contributed by atoms with van der Waals surface area (Å²) in [4.78, 5) is 14.2. The van der Waals surface area contributed by atoms with Gasteiger partial charge in [-0.05, 0) is 18.9 Å². The van der Waals surface area contributed by atoms with Crippen molar-refractivity contribution in [2.75, 3.05) is 19.6 Å². The molecule has 2 fully saturated rings. The van der Waals surface area contributed by atoms with Crippen molar-refractivity contribution in [2.24, 2.45) is 11.3 Å². The van der Waals surface area contributed by atoms with E-state index in [1.165, 1.54) is 19.5 Å². The first-order valence-electron chi connectivity index (χ1n) is 5.50.